The van der Waals surface area contributed by atoms with Crippen molar-refractivity contribution in [2.75, 3.05) is 31.5 Å². The number of carboxylic acids is 1. The molecule has 0 unspecified atom stereocenters. The number of hydrogen-bond acceptors (Lipinski definition) is 5. The molecule has 9 heteroatoms. The SMILES string of the molecule is O=C(O)C[C@H](NC(=O)C1CCN(CCc2ccc3c(n2)NCCC3)CC1)c1cc(Cl)cc(Cl)c1. The number of amides is 1. The number of pyridine rings is 1. The number of carbonyl (C=O) groups is 2. The van der Waals surface area contributed by atoms with Crippen LogP contribution in [0.15, 0.2) is 30.3 Å². The van der Waals surface area contributed by atoms with Crippen LogP contribution in [0, 0.1) is 5.92 Å². The molecule has 0 bridgehead atoms. The predicted molar refractivity (Wildman–Crippen MR) is 134 cm³/mol. The van der Waals surface area contributed by atoms with Gasteiger partial charge in [0.05, 0.1) is 12.5 Å². The van der Waals surface area contributed by atoms with Gasteiger partial charge in [0.1, 0.15) is 5.82 Å². The normalized spacial score (nSPS) is 17.5. The van der Waals surface area contributed by atoms with E-state index in [-0.39, 0.29) is 18.2 Å². The number of aliphatic carboxylic acids is 1. The van der Waals surface area contributed by atoms with Crippen molar-refractivity contribution >= 4 is 40.9 Å². The lowest BCUT2D eigenvalue weighted by Gasteiger charge is -2.32. The van der Waals surface area contributed by atoms with Crippen molar-refractivity contribution in [3.8, 4) is 0 Å². The molecule has 3 heterocycles. The Bertz CT molecular complexity index is 1020. The number of aromatic nitrogens is 1. The van der Waals surface area contributed by atoms with Gasteiger partial charge in [-0.3, -0.25) is 9.59 Å². The fraction of sp³-hybridized carbons (Fsp3) is 0.480. The molecule has 182 valence electrons. The van der Waals surface area contributed by atoms with Crippen LogP contribution < -0.4 is 10.6 Å². The Hall–Kier alpha value is -2.35. The second-order valence-corrected chi connectivity index (χ2v) is 9.94. The van der Waals surface area contributed by atoms with Gasteiger partial charge in [-0.2, -0.15) is 0 Å². The van der Waals surface area contributed by atoms with Crippen LogP contribution in [0.5, 0.6) is 0 Å². The zero-order valence-corrected chi connectivity index (χ0v) is 20.5. The molecule has 2 aliphatic rings. The Morgan fingerprint density at radius 1 is 1.18 bits per heavy atom. The van der Waals surface area contributed by atoms with Gasteiger partial charge in [-0.15, -0.1) is 0 Å². The van der Waals surface area contributed by atoms with Crippen molar-refractivity contribution in [2.45, 2.75) is 44.6 Å². The summed E-state index contributed by atoms with van der Waals surface area (Å²) in [6.07, 6.45) is 4.36. The molecule has 1 atom stereocenters. The molecule has 0 aliphatic carbocycles. The summed E-state index contributed by atoms with van der Waals surface area (Å²) >= 11 is 12.2. The number of halogens is 2. The molecule has 1 aromatic carbocycles. The molecule has 0 saturated carbocycles. The maximum Gasteiger partial charge on any atom is 0.305 e. The molecule has 4 rings (SSSR count). The summed E-state index contributed by atoms with van der Waals surface area (Å²) in [6, 6.07) is 8.50. The van der Waals surface area contributed by atoms with Crippen molar-refractivity contribution in [1.82, 2.24) is 15.2 Å². The van der Waals surface area contributed by atoms with E-state index >= 15 is 0 Å². The van der Waals surface area contributed by atoms with E-state index < -0.39 is 12.0 Å². The largest absolute Gasteiger partial charge is 0.481 e. The molecule has 0 spiro atoms. The van der Waals surface area contributed by atoms with Gasteiger partial charge in [0.2, 0.25) is 5.91 Å². The van der Waals surface area contributed by atoms with Gasteiger partial charge >= 0.3 is 5.97 Å². The van der Waals surface area contributed by atoms with Gasteiger partial charge in [0, 0.05) is 41.2 Å². The number of piperidine rings is 1. The van der Waals surface area contributed by atoms with E-state index in [1.165, 1.54) is 5.56 Å². The number of likely N-dealkylation sites (tertiary alicyclic amines) is 1. The highest BCUT2D eigenvalue weighted by Gasteiger charge is 2.28. The van der Waals surface area contributed by atoms with E-state index in [1.807, 2.05) is 0 Å². The second-order valence-electron chi connectivity index (χ2n) is 9.07. The van der Waals surface area contributed by atoms with Crippen molar-refractivity contribution < 1.29 is 14.7 Å². The zero-order valence-electron chi connectivity index (χ0n) is 19.0. The van der Waals surface area contributed by atoms with E-state index in [2.05, 4.69) is 27.7 Å². The fourth-order valence-electron chi connectivity index (χ4n) is 4.69. The number of nitrogens with one attached hydrogen (secondary N) is 2. The third kappa shape index (κ3) is 6.62. The van der Waals surface area contributed by atoms with Gasteiger partial charge in [-0.05, 0) is 74.2 Å². The average Bonchev–Trinajstić information content (AvgIpc) is 2.81. The number of aryl methyl sites for hydroxylation is 1. The van der Waals surface area contributed by atoms with E-state index in [0.717, 1.165) is 69.8 Å². The summed E-state index contributed by atoms with van der Waals surface area (Å²) < 4.78 is 0. The Kier molecular flexibility index (Phi) is 8.29. The standard InChI is InChI=1S/C25H30Cl2N4O3/c26-19-12-18(13-20(27)14-19)22(15-23(32)33)30-25(34)17-5-9-31(10-6-17)11-7-21-4-3-16-2-1-8-28-24(16)29-21/h3-4,12-14,17,22H,1-2,5-11,15H2,(H,28,29)(H,30,34)(H,32,33)/t22-/m0/s1. The minimum Gasteiger partial charge on any atom is -0.481 e. The number of rotatable bonds is 8. The average molecular weight is 505 g/mol. The van der Waals surface area contributed by atoms with Gasteiger partial charge in [0.15, 0.2) is 0 Å². The minimum absolute atomic E-state index is 0.121. The van der Waals surface area contributed by atoms with Crippen molar-refractivity contribution in [3.05, 3.63) is 57.2 Å². The number of hydrogen-bond donors (Lipinski definition) is 3. The molecule has 1 fully saturated rings. The Balaban J connectivity index is 1.28. The molecule has 3 N–H and O–H groups in total. The van der Waals surface area contributed by atoms with Crippen LogP contribution in [0.1, 0.15) is 48.5 Å². The topological polar surface area (TPSA) is 94.6 Å². The fourth-order valence-corrected chi connectivity index (χ4v) is 5.24. The minimum atomic E-state index is -0.998. The predicted octanol–water partition coefficient (Wildman–Crippen LogP) is 4.33. The second kappa shape index (κ2) is 11.4. The highest BCUT2D eigenvalue weighted by Crippen LogP contribution is 2.27. The van der Waals surface area contributed by atoms with Crippen LogP contribution >= 0.6 is 23.2 Å². The van der Waals surface area contributed by atoms with Crippen molar-refractivity contribution in [3.63, 3.8) is 0 Å². The van der Waals surface area contributed by atoms with Gasteiger partial charge in [-0.25, -0.2) is 4.98 Å². The Morgan fingerprint density at radius 3 is 2.62 bits per heavy atom. The van der Waals surface area contributed by atoms with Gasteiger partial charge < -0.3 is 20.6 Å². The van der Waals surface area contributed by atoms with Gasteiger partial charge in [0.25, 0.3) is 0 Å². The van der Waals surface area contributed by atoms with Crippen molar-refractivity contribution in [1.29, 1.82) is 0 Å². The van der Waals surface area contributed by atoms with Crippen LogP contribution in [0.2, 0.25) is 10.0 Å². The Morgan fingerprint density at radius 2 is 1.91 bits per heavy atom. The monoisotopic (exact) mass is 504 g/mol. The lowest BCUT2D eigenvalue weighted by molar-refractivity contribution is -0.138. The van der Waals surface area contributed by atoms with Gasteiger partial charge in [-0.1, -0.05) is 29.3 Å². The molecule has 1 aromatic heterocycles. The molecule has 1 amide bonds. The first-order valence-corrected chi connectivity index (χ1v) is 12.6. The molecule has 34 heavy (non-hydrogen) atoms. The van der Waals surface area contributed by atoms with Crippen LogP contribution in [-0.4, -0.2) is 53.0 Å². The molecule has 7 nitrogen and oxygen atoms in total. The summed E-state index contributed by atoms with van der Waals surface area (Å²) in [5.41, 5.74) is 2.98. The summed E-state index contributed by atoms with van der Waals surface area (Å²) in [4.78, 5) is 31.5. The molecule has 1 saturated heterocycles. The highest BCUT2D eigenvalue weighted by atomic mass is 35.5. The third-order valence-electron chi connectivity index (χ3n) is 6.58. The number of anilines is 1. The zero-order chi connectivity index (χ0) is 24.1. The maximum absolute atomic E-state index is 13.0. The number of fused-ring (bicyclic) bond motifs is 1. The first kappa shape index (κ1) is 24.8. The van der Waals surface area contributed by atoms with E-state index in [1.54, 1.807) is 18.2 Å². The highest BCUT2D eigenvalue weighted by molar-refractivity contribution is 6.34. The van der Waals surface area contributed by atoms with Crippen LogP contribution in [0.25, 0.3) is 0 Å². The summed E-state index contributed by atoms with van der Waals surface area (Å²) in [5, 5.41) is 16.4. The summed E-state index contributed by atoms with van der Waals surface area (Å²) in [5.74, 6) is -0.240. The first-order chi connectivity index (χ1) is 16.4. The number of carbonyl (C=O) groups excluding carboxylic acids is 1. The lowest BCUT2D eigenvalue weighted by Crippen LogP contribution is -2.42. The third-order valence-corrected chi connectivity index (χ3v) is 7.01. The van der Waals surface area contributed by atoms with Crippen molar-refractivity contribution in [2.24, 2.45) is 5.92 Å². The van der Waals surface area contributed by atoms with Crippen LogP contribution in [-0.2, 0) is 22.4 Å². The smallest absolute Gasteiger partial charge is 0.305 e. The number of benzene rings is 1. The summed E-state index contributed by atoms with van der Waals surface area (Å²) in [6.45, 7) is 3.54. The van der Waals surface area contributed by atoms with Crippen LogP contribution in [0.4, 0.5) is 5.82 Å². The van der Waals surface area contributed by atoms with Crippen LogP contribution in [0.3, 0.4) is 0 Å². The number of carboxylic acid groups (broad SMARTS) is 1. The molecule has 2 aliphatic heterocycles. The van der Waals surface area contributed by atoms with E-state index in [9.17, 15) is 14.7 Å². The first-order valence-electron chi connectivity index (χ1n) is 11.8. The molecular formula is C25H30Cl2N4O3. The molecular weight excluding hydrogens is 475 g/mol. The van der Waals surface area contributed by atoms with E-state index in [0.29, 0.717) is 15.6 Å². The van der Waals surface area contributed by atoms with E-state index in [4.69, 9.17) is 28.2 Å². The quantitative estimate of drug-likeness (QED) is 0.495. The molecule has 0 radical (unpaired) electrons. The Labute approximate surface area is 209 Å². The lowest BCUT2D eigenvalue weighted by atomic mass is 9.94. The molecule has 2 aromatic rings. The summed E-state index contributed by atoms with van der Waals surface area (Å²) in [7, 11) is 0. The maximum atomic E-state index is 13.0. The number of nitrogens with zero attached hydrogens (tertiary/aromatic N) is 2.